The summed E-state index contributed by atoms with van der Waals surface area (Å²) in [6, 6.07) is 7.53. The quantitative estimate of drug-likeness (QED) is 0.782. The van der Waals surface area contributed by atoms with E-state index in [9.17, 15) is 5.11 Å². The van der Waals surface area contributed by atoms with Crippen LogP contribution < -0.4 is 0 Å². The number of halogens is 2. The van der Waals surface area contributed by atoms with Crippen molar-refractivity contribution in [1.82, 2.24) is 0 Å². The lowest BCUT2D eigenvalue weighted by atomic mass is 9.76. The SMILES string of the molecule is CC(C)C(CBr)(CBr)Cc1cccc(O)c1. The van der Waals surface area contributed by atoms with Gasteiger partial charge in [-0.15, -0.1) is 0 Å². The monoisotopic (exact) mass is 348 g/mol. The van der Waals surface area contributed by atoms with Gasteiger partial charge in [0.05, 0.1) is 0 Å². The van der Waals surface area contributed by atoms with Crippen LogP contribution in [0.2, 0.25) is 0 Å². The van der Waals surface area contributed by atoms with Crippen LogP contribution >= 0.6 is 31.9 Å². The molecule has 16 heavy (non-hydrogen) atoms. The molecule has 0 unspecified atom stereocenters. The van der Waals surface area contributed by atoms with Crippen LogP contribution in [0.5, 0.6) is 5.75 Å². The van der Waals surface area contributed by atoms with E-state index >= 15 is 0 Å². The van der Waals surface area contributed by atoms with Crippen molar-refractivity contribution in [2.75, 3.05) is 10.7 Å². The van der Waals surface area contributed by atoms with Gasteiger partial charge >= 0.3 is 0 Å². The van der Waals surface area contributed by atoms with Crippen LogP contribution in [0.25, 0.3) is 0 Å². The van der Waals surface area contributed by atoms with Gasteiger partial charge in [-0.3, -0.25) is 0 Å². The third-order valence-corrected chi connectivity index (χ3v) is 5.46. The zero-order valence-electron chi connectivity index (χ0n) is 9.71. The first-order valence-electron chi connectivity index (χ1n) is 5.44. The molecule has 0 fully saturated rings. The van der Waals surface area contributed by atoms with Gasteiger partial charge in [0, 0.05) is 10.7 Å². The minimum absolute atomic E-state index is 0.202. The Labute approximate surface area is 115 Å². The molecular formula is C13H18Br2O. The maximum absolute atomic E-state index is 9.47. The van der Waals surface area contributed by atoms with E-state index in [1.165, 1.54) is 5.56 Å². The van der Waals surface area contributed by atoms with Gasteiger partial charge in [-0.2, -0.15) is 0 Å². The Morgan fingerprint density at radius 2 is 1.88 bits per heavy atom. The highest BCUT2D eigenvalue weighted by Gasteiger charge is 2.31. The van der Waals surface area contributed by atoms with Gasteiger partial charge in [-0.25, -0.2) is 0 Å². The Balaban J connectivity index is 2.91. The second-order valence-corrected chi connectivity index (χ2v) is 5.75. The highest BCUT2D eigenvalue weighted by molar-refractivity contribution is 9.09. The molecule has 0 heterocycles. The van der Waals surface area contributed by atoms with Gasteiger partial charge in [0.15, 0.2) is 0 Å². The van der Waals surface area contributed by atoms with Crippen LogP contribution in [0.4, 0.5) is 0 Å². The summed E-state index contributed by atoms with van der Waals surface area (Å²) >= 11 is 7.23. The van der Waals surface area contributed by atoms with Gasteiger partial charge in [0.25, 0.3) is 0 Å². The number of phenolic OH excluding ortho intramolecular Hbond substituents is 1. The lowest BCUT2D eigenvalue weighted by Gasteiger charge is -2.34. The fourth-order valence-corrected chi connectivity index (χ4v) is 4.34. The molecule has 0 aromatic heterocycles. The number of alkyl halides is 2. The van der Waals surface area contributed by atoms with Gasteiger partial charge in [0.1, 0.15) is 5.75 Å². The fraction of sp³-hybridized carbons (Fsp3) is 0.538. The van der Waals surface area contributed by atoms with E-state index in [1.54, 1.807) is 6.07 Å². The third kappa shape index (κ3) is 3.24. The Morgan fingerprint density at radius 3 is 2.31 bits per heavy atom. The third-order valence-electron chi connectivity index (χ3n) is 3.22. The van der Waals surface area contributed by atoms with E-state index < -0.39 is 0 Å². The minimum atomic E-state index is 0.202. The Morgan fingerprint density at radius 1 is 1.25 bits per heavy atom. The summed E-state index contributed by atoms with van der Waals surface area (Å²) < 4.78 is 0. The van der Waals surface area contributed by atoms with Crippen molar-refractivity contribution < 1.29 is 5.11 Å². The molecule has 1 rings (SSSR count). The standard InChI is InChI=1S/C13H18Br2O/c1-10(2)13(8-14,9-15)7-11-4-3-5-12(16)6-11/h3-6,10,16H,7-9H2,1-2H3. The van der Waals surface area contributed by atoms with Crippen molar-refractivity contribution in [3.05, 3.63) is 29.8 Å². The lowest BCUT2D eigenvalue weighted by Crippen LogP contribution is -2.33. The summed E-state index contributed by atoms with van der Waals surface area (Å²) in [5, 5.41) is 11.4. The van der Waals surface area contributed by atoms with E-state index in [0.717, 1.165) is 17.1 Å². The molecular weight excluding hydrogens is 332 g/mol. The average molecular weight is 350 g/mol. The number of aromatic hydroxyl groups is 1. The van der Waals surface area contributed by atoms with E-state index in [1.807, 2.05) is 12.1 Å². The van der Waals surface area contributed by atoms with Gasteiger partial charge in [-0.1, -0.05) is 57.8 Å². The number of rotatable bonds is 5. The lowest BCUT2D eigenvalue weighted by molar-refractivity contribution is 0.267. The summed E-state index contributed by atoms with van der Waals surface area (Å²) in [5.74, 6) is 0.924. The van der Waals surface area contributed by atoms with Crippen molar-refractivity contribution in [1.29, 1.82) is 0 Å². The zero-order chi connectivity index (χ0) is 12.2. The topological polar surface area (TPSA) is 20.2 Å². The molecule has 0 saturated carbocycles. The average Bonchev–Trinajstić information content (AvgIpc) is 2.25. The van der Waals surface area contributed by atoms with Crippen LogP contribution in [-0.2, 0) is 6.42 Å². The molecule has 1 aromatic rings. The maximum Gasteiger partial charge on any atom is 0.115 e. The van der Waals surface area contributed by atoms with E-state index in [0.29, 0.717) is 11.7 Å². The minimum Gasteiger partial charge on any atom is -0.508 e. The molecule has 3 heteroatoms. The summed E-state index contributed by atoms with van der Waals surface area (Å²) in [7, 11) is 0. The van der Waals surface area contributed by atoms with Gasteiger partial charge in [-0.05, 0) is 35.4 Å². The molecule has 0 aliphatic heterocycles. The normalized spacial score (nSPS) is 12.1. The summed E-state index contributed by atoms with van der Waals surface area (Å²) in [4.78, 5) is 0. The molecule has 0 saturated heterocycles. The van der Waals surface area contributed by atoms with Gasteiger partial charge in [0.2, 0.25) is 0 Å². The van der Waals surface area contributed by atoms with E-state index in [2.05, 4.69) is 51.8 Å². The zero-order valence-corrected chi connectivity index (χ0v) is 12.9. The van der Waals surface area contributed by atoms with Crippen LogP contribution in [0.15, 0.2) is 24.3 Å². The predicted molar refractivity (Wildman–Crippen MR) is 76.7 cm³/mol. The smallest absolute Gasteiger partial charge is 0.115 e. The van der Waals surface area contributed by atoms with Crippen molar-refractivity contribution in [2.24, 2.45) is 11.3 Å². The van der Waals surface area contributed by atoms with Crippen molar-refractivity contribution in [3.63, 3.8) is 0 Å². The molecule has 0 amide bonds. The van der Waals surface area contributed by atoms with Crippen LogP contribution in [0, 0.1) is 11.3 Å². The molecule has 1 aromatic carbocycles. The molecule has 0 aliphatic rings. The number of hydrogen-bond donors (Lipinski definition) is 1. The molecule has 90 valence electrons. The van der Waals surface area contributed by atoms with Crippen molar-refractivity contribution >= 4 is 31.9 Å². The molecule has 1 nitrogen and oxygen atoms in total. The Bertz CT molecular complexity index is 332. The first-order valence-corrected chi connectivity index (χ1v) is 7.68. The van der Waals surface area contributed by atoms with Crippen molar-refractivity contribution in [2.45, 2.75) is 20.3 Å². The van der Waals surface area contributed by atoms with Gasteiger partial charge < -0.3 is 5.11 Å². The molecule has 0 radical (unpaired) electrons. The van der Waals surface area contributed by atoms with Crippen LogP contribution in [-0.4, -0.2) is 15.8 Å². The molecule has 0 bridgehead atoms. The van der Waals surface area contributed by atoms with Crippen LogP contribution in [0.3, 0.4) is 0 Å². The van der Waals surface area contributed by atoms with Crippen LogP contribution in [0.1, 0.15) is 19.4 Å². The number of hydrogen-bond acceptors (Lipinski definition) is 1. The van der Waals surface area contributed by atoms with E-state index in [-0.39, 0.29) is 5.41 Å². The van der Waals surface area contributed by atoms with E-state index in [4.69, 9.17) is 0 Å². The maximum atomic E-state index is 9.47. The highest BCUT2D eigenvalue weighted by atomic mass is 79.9. The molecule has 0 atom stereocenters. The second-order valence-electron chi connectivity index (χ2n) is 4.63. The second kappa shape index (κ2) is 6.06. The highest BCUT2D eigenvalue weighted by Crippen LogP contribution is 2.36. The number of phenols is 1. The molecule has 0 aliphatic carbocycles. The first-order chi connectivity index (χ1) is 7.54. The largest absolute Gasteiger partial charge is 0.508 e. The number of benzene rings is 1. The molecule has 1 N–H and O–H groups in total. The summed E-state index contributed by atoms with van der Waals surface area (Å²) in [6.07, 6.45) is 0.968. The Kier molecular flexibility index (Phi) is 5.32. The fourth-order valence-electron chi connectivity index (χ4n) is 1.72. The molecule has 0 spiro atoms. The summed E-state index contributed by atoms with van der Waals surface area (Å²) in [5.41, 5.74) is 1.39. The summed E-state index contributed by atoms with van der Waals surface area (Å²) in [6.45, 7) is 4.48. The Hall–Kier alpha value is -0.0200. The van der Waals surface area contributed by atoms with Crippen molar-refractivity contribution in [3.8, 4) is 5.75 Å². The predicted octanol–water partition coefficient (Wildman–Crippen LogP) is 4.37. The first kappa shape index (κ1) is 14.0.